The molecule has 0 spiro atoms. The van der Waals surface area contributed by atoms with E-state index in [-0.39, 0.29) is 18.0 Å². The van der Waals surface area contributed by atoms with Gasteiger partial charge in [0, 0.05) is 12.2 Å². The lowest BCUT2D eigenvalue weighted by atomic mass is 10.1. The van der Waals surface area contributed by atoms with Gasteiger partial charge in [0.15, 0.2) is 5.96 Å². The average molecular weight is 279 g/mol. The molecule has 1 aromatic rings. The molecular formula is C14H18FN3O2. The number of halogens is 1. The third-order valence-corrected chi connectivity index (χ3v) is 3.56. The summed E-state index contributed by atoms with van der Waals surface area (Å²) in [5.41, 5.74) is 6.64. The summed E-state index contributed by atoms with van der Waals surface area (Å²) in [5.74, 6) is 0.748. The second-order valence-electron chi connectivity index (χ2n) is 5.05. The Hall–Kier alpha value is -1.82. The molecule has 20 heavy (non-hydrogen) atoms. The van der Waals surface area contributed by atoms with E-state index in [0.717, 1.165) is 25.0 Å². The van der Waals surface area contributed by atoms with E-state index in [0.29, 0.717) is 24.9 Å². The zero-order chi connectivity index (χ0) is 13.9. The minimum atomic E-state index is -0.282. The van der Waals surface area contributed by atoms with Gasteiger partial charge in [0.1, 0.15) is 18.2 Å². The SMILES string of the molecule is NC(=NCC1CCCO1)NC1COc2ccc(F)cc21. The summed E-state index contributed by atoms with van der Waals surface area (Å²) in [7, 11) is 0. The molecule has 2 heterocycles. The van der Waals surface area contributed by atoms with E-state index in [1.807, 2.05) is 0 Å². The van der Waals surface area contributed by atoms with Gasteiger partial charge in [0.05, 0.1) is 18.7 Å². The molecule has 3 N–H and O–H groups in total. The number of aliphatic imine (C=N–C) groups is 1. The predicted octanol–water partition coefficient (Wildman–Crippen LogP) is 1.34. The van der Waals surface area contributed by atoms with E-state index in [4.69, 9.17) is 15.2 Å². The van der Waals surface area contributed by atoms with Crippen molar-refractivity contribution in [2.75, 3.05) is 19.8 Å². The fraction of sp³-hybridized carbons (Fsp3) is 0.500. The second-order valence-corrected chi connectivity index (χ2v) is 5.05. The molecule has 3 rings (SSSR count). The first-order valence-corrected chi connectivity index (χ1v) is 6.82. The molecule has 0 amide bonds. The smallest absolute Gasteiger partial charge is 0.189 e. The van der Waals surface area contributed by atoms with Crippen molar-refractivity contribution < 1.29 is 13.9 Å². The monoisotopic (exact) mass is 279 g/mol. The number of ether oxygens (including phenoxy) is 2. The Balaban J connectivity index is 1.61. The number of nitrogens with one attached hydrogen (secondary N) is 1. The second kappa shape index (κ2) is 5.66. The van der Waals surface area contributed by atoms with Crippen molar-refractivity contribution in [2.24, 2.45) is 10.7 Å². The van der Waals surface area contributed by atoms with Gasteiger partial charge in [-0.1, -0.05) is 0 Å². The highest BCUT2D eigenvalue weighted by molar-refractivity contribution is 5.78. The van der Waals surface area contributed by atoms with Gasteiger partial charge in [-0.25, -0.2) is 4.39 Å². The van der Waals surface area contributed by atoms with Crippen molar-refractivity contribution >= 4 is 5.96 Å². The van der Waals surface area contributed by atoms with Crippen LogP contribution in [0, 0.1) is 5.82 Å². The lowest BCUT2D eigenvalue weighted by Gasteiger charge is -2.13. The van der Waals surface area contributed by atoms with Crippen LogP contribution in [0.3, 0.4) is 0 Å². The van der Waals surface area contributed by atoms with E-state index < -0.39 is 0 Å². The van der Waals surface area contributed by atoms with Crippen molar-refractivity contribution in [1.82, 2.24) is 5.32 Å². The minimum Gasteiger partial charge on any atom is -0.491 e. The molecule has 108 valence electrons. The topological polar surface area (TPSA) is 68.9 Å². The number of fused-ring (bicyclic) bond motifs is 1. The standard InChI is InChI=1S/C14H18FN3O2/c15-9-3-4-13-11(6-9)12(8-20-13)18-14(16)17-7-10-2-1-5-19-10/h3-4,6,10,12H,1-2,5,7-8H2,(H3,16,17,18). The highest BCUT2D eigenvalue weighted by Crippen LogP contribution is 2.32. The van der Waals surface area contributed by atoms with Crippen molar-refractivity contribution in [3.05, 3.63) is 29.6 Å². The van der Waals surface area contributed by atoms with Crippen molar-refractivity contribution in [1.29, 1.82) is 0 Å². The molecule has 1 saturated heterocycles. The maximum Gasteiger partial charge on any atom is 0.189 e. The first-order valence-electron chi connectivity index (χ1n) is 6.82. The summed E-state index contributed by atoms with van der Waals surface area (Å²) in [6, 6.07) is 4.32. The van der Waals surface area contributed by atoms with Crippen LogP contribution in [-0.2, 0) is 4.74 Å². The van der Waals surface area contributed by atoms with Crippen molar-refractivity contribution in [3.63, 3.8) is 0 Å². The number of nitrogens with zero attached hydrogens (tertiary/aromatic N) is 1. The first kappa shape index (κ1) is 13.2. The van der Waals surface area contributed by atoms with Gasteiger partial charge in [-0.05, 0) is 31.0 Å². The average Bonchev–Trinajstić information content (AvgIpc) is 3.07. The lowest BCUT2D eigenvalue weighted by Crippen LogP contribution is -2.36. The highest BCUT2D eigenvalue weighted by atomic mass is 19.1. The maximum absolute atomic E-state index is 13.3. The number of guanidine groups is 1. The molecule has 0 aromatic heterocycles. The molecule has 2 unspecified atom stereocenters. The Labute approximate surface area is 117 Å². The van der Waals surface area contributed by atoms with Gasteiger partial charge < -0.3 is 20.5 Å². The quantitative estimate of drug-likeness (QED) is 0.647. The van der Waals surface area contributed by atoms with Crippen molar-refractivity contribution in [2.45, 2.75) is 25.0 Å². The van der Waals surface area contributed by atoms with Crippen LogP contribution in [0.15, 0.2) is 23.2 Å². The van der Waals surface area contributed by atoms with E-state index >= 15 is 0 Å². The summed E-state index contributed by atoms with van der Waals surface area (Å²) in [6.07, 6.45) is 2.27. The number of rotatable bonds is 3. The Kier molecular flexibility index (Phi) is 3.73. The Bertz CT molecular complexity index is 515. The molecule has 0 bridgehead atoms. The Morgan fingerprint density at radius 2 is 2.40 bits per heavy atom. The van der Waals surface area contributed by atoms with E-state index in [1.54, 1.807) is 6.07 Å². The largest absolute Gasteiger partial charge is 0.491 e. The third-order valence-electron chi connectivity index (χ3n) is 3.56. The molecule has 2 atom stereocenters. The molecule has 2 aliphatic heterocycles. The molecule has 5 nitrogen and oxygen atoms in total. The minimum absolute atomic E-state index is 0.158. The van der Waals surface area contributed by atoms with Gasteiger partial charge in [-0.2, -0.15) is 0 Å². The summed E-state index contributed by atoms with van der Waals surface area (Å²) in [4.78, 5) is 4.27. The van der Waals surface area contributed by atoms with Gasteiger partial charge in [-0.3, -0.25) is 4.99 Å². The molecule has 0 saturated carbocycles. The number of benzene rings is 1. The molecule has 0 aliphatic carbocycles. The predicted molar refractivity (Wildman–Crippen MR) is 73.2 cm³/mol. The summed E-state index contributed by atoms with van der Waals surface area (Å²) in [6.45, 7) is 1.79. The summed E-state index contributed by atoms with van der Waals surface area (Å²) < 4.78 is 24.2. The van der Waals surface area contributed by atoms with Gasteiger partial charge in [0.25, 0.3) is 0 Å². The molecule has 6 heteroatoms. The number of hydrogen-bond acceptors (Lipinski definition) is 3. The normalized spacial score (nSPS) is 25.4. The summed E-state index contributed by atoms with van der Waals surface area (Å²) in [5, 5.41) is 3.07. The van der Waals surface area contributed by atoms with Crippen LogP contribution in [0.1, 0.15) is 24.4 Å². The zero-order valence-electron chi connectivity index (χ0n) is 11.1. The van der Waals surface area contributed by atoms with Crippen LogP contribution < -0.4 is 15.8 Å². The molecule has 1 fully saturated rings. The van der Waals surface area contributed by atoms with Gasteiger partial charge >= 0.3 is 0 Å². The fourth-order valence-electron chi connectivity index (χ4n) is 2.52. The molecule has 1 aromatic carbocycles. The van der Waals surface area contributed by atoms with Crippen LogP contribution in [0.5, 0.6) is 5.75 Å². The maximum atomic E-state index is 13.3. The lowest BCUT2D eigenvalue weighted by molar-refractivity contribution is 0.117. The van der Waals surface area contributed by atoms with Crippen LogP contribution in [-0.4, -0.2) is 31.8 Å². The molecule has 2 aliphatic rings. The van der Waals surface area contributed by atoms with E-state index in [9.17, 15) is 4.39 Å². The zero-order valence-corrected chi connectivity index (χ0v) is 11.1. The van der Waals surface area contributed by atoms with Crippen LogP contribution in [0.2, 0.25) is 0 Å². The van der Waals surface area contributed by atoms with Crippen LogP contribution in [0.4, 0.5) is 4.39 Å². The highest BCUT2D eigenvalue weighted by Gasteiger charge is 2.25. The fourth-order valence-corrected chi connectivity index (χ4v) is 2.52. The summed E-state index contributed by atoms with van der Waals surface area (Å²) >= 11 is 0. The third kappa shape index (κ3) is 2.85. The van der Waals surface area contributed by atoms with Crippen LogP contribution >= 0.6 is 0 Å². The number of nitrogens with two attached hydrogens (primary N) is 1. The molecule has 0 radical (unpaired) electrons. The van der Waals surface area contributed by atoms with E-state index in [1.165, 1.54) is 12.1 Å². The van der Waals surface area contributed by atoms with Gasteiger partial charge in [0.2, 0.25) is 0 Å². The Morgan fingerprint density at radius 3 is 3.20 bits per heavy atom. The van der Waals surface area contributed by atoms with E-state index in [2.05, 4.69) is 10.3 Å². The first-order chi connectivity index (χ1) is 9.72. The van der Waals surface area contributed by atoms with Crippen molar-refractivity contribution in [3.8, 4) is 5.75 Å². The number of hydrogen-bond donors (Lipinski definition) is 2. The van der Waals surface area contributed by atoms with Crippen LogP contribution in [0.25, 0.3) is 0 Å². The molecular weight excluding hydrogens is 261 g/mol. The van der Waals surface area contributed by atoms with Gasteiger partial charge in [-0.15, -0.1) is 0 Å². The Morgan fingerprint density at radius 1 is 1.50 bits per heavy atom.